The van der Waals surface area contributed by atoms with E-state index in [1.165, 1.54) is 50.1 Å². The molecule has 2 spiro atoms. The lowest BCUT2D eigenvalue weighted by Crippen LogP contribution is -2.68. The van der Waals surface area contributed by atoms with Crippen LogP contribution in [0.4, 0.5) is 0 Å². The third-order valence-corrected chi connectivity index (χ3v) is 24.3. The van der Waals surface area contributed by atoms with Crippen molar-refractivity contribution in [1.29, 1.82) is 0 Å². The van der Waals surface area contributed by atoms with E-state index in [2.05, 4.69) is 124 Å². The number of hydrogen-bond donors (Lipinski definition) is 20. The monoisotopic (exact) mass is 1660 g/mol. The number of carbonyl (C=O) groups is 12. The molecule has 10 heterocycles. The van der Waals surface area contributed by atoms with E-state index in [0.29, 0.717) is 77.6 Å². The number of aromatic nitrogens is 10. The highest BCUT2D eigenvalue weighted by Crippen LogP contribution is 2.31. The van der Waals surface area contributed by atoms with Crippen LogP contribution in [0.25, 0.3) is 21.8 Å². The summed E-state index contributed by atoms with van der Waals surface area (Å²) in [6.07, 6.45) is 12.6. The van der Waals surface area contributed by atoms with Crippen molar-refractivity contribution >= 4 is 114 Å². The van der Waals surface area contributed by atoms with Crippen LogP contribution in [0.15, 0.2) is 172 Å². The van der Waals surface area contributed by atoms with Crippen LogP contribution >= 0.6 is 21.6 Å². The maximum Gasteiger partial charge on any atom is 0.254 e. The smallest absolute Gasteiger partial charge is 0.254 e. The molecule has 10 atom stereocenters. The number of piperidine rings is 2. The minimum absolute atomic E-state index is 0.0940. The fourth-order valence-electron chi connectivity index (χ4n) is 15.2. The largest absolute Gasteiger partial charge is 0.361 e. The molecule has 0 unspecified atom stereocenters. The average Bonchev–Trinajstić information content (AvgIpc) is 1.65. The summed E-state index contributed by atoms with van der Waals surface area (Å²) in [6, 6.07) is 17.8. The summed E-state index contributed by atoms with van der Waals surface area (Å²) in [7, 11) is 1.51. The van der Waals surface area contributed by atoms with Crippen molar-refractivity contribution in [3.63, 3.8) is 0 Å². The van der Waals surface area contributed by atoms with Crippen molar-refractivity contribution in [2.45, 2.75) is 148 Å². The summed E-state index contributed by atoms with van der Waals surface area (Å²) < 4.78 is 0. The second kappa shape index (κ2) is 38.4. The molecular formula is C81H92N24O12S2. The molecule has 620 valence electrons. The van der Waals surface area contributed by atoms with E-state index in [0.717, 1.165) is 10.8 Å². The molecule has 14 rings (SSSR count). The minimum atomic E-state index is -1.89. The molecule has 4 saturated heterocycles. The number of H-pyrrole nitrogens is 6. The molecule has 20 N–H and O–H groups in total. The van der Waals surface area contributed by atoms with Crippen LogP contribution in [-0.2, 0) is 109 Å². The van der Waals surface area contributed by atoms with Crippen molar-refractivity contribution < 1.29 is 57.5 Å². The Morgan fingerprint density at radius 1 is 0.319 bits per heavy atom. The Hall–Kier alpha value is -12.9. The fraction of sp³-hybridized carbons (Fsp3) is 0.358. The zero-order valence-electron chi connectivity index (χ0n) is 64.5. The van der Waals surface area contributed by atoms with Gasteiger partial charge in [0.05, 0.1) is 48.1 Å². The van der Waals surface area contributed by atoms with Crippen LogP contribution in [0.5, 0.6) is 0 Å². The van der Waals surface area contributed by atoms with E-state index in [-0.39, 0.29) is 103 Å². The summed E-state index contributed by atoms with van der Waals surface area (Å²) in [6.45, 7) is 0.567. The summed E-state index contributed by atoms with van der Waals surface area (Å²) in [5.41, 5.74) is 1.02. The molecule has 4 aliphatic heterocycles. The number of imidazole rings is 4. The minimum Gasteiger partial charge on any atom is -0.361 e. The number of carbonyl (C=O) groups excluding carboxylic acids is 12. The van der Waals surface area contributed by atoms with Gasteiger partial charge in [-0.1, -0.05) is 119 Å². The van der Waals surface area contributed by atoms with E-state index in [1.807, 2.05) is 36.4 Å². The van der Waals surface area contributed by atoms with E-state index in [4.69, 9.17) is 0 Å². The molecule has 4 aliphatic rings. The summed E-state index contributed by atoms with van der Waals surface area (Å²) in [4.78, 5) is 224. The number of aromatic amines is 6. The van der Waals surface area contributed by atoms with Crippen LogP contribution in [0.1, 0.15) is 70.7 Å². The summed E-state index contributed by atoms with van der Waals surface area (Å²) >= 11 is 0. The lowest BCUT2D eigenvalue weighted by molar-refractivity contribution is -0.139. The number of fused-ring (bicyclic) bond motifs is 6. The molecule has 4 fully saturated rings. The summed E-state index contributed by atoms with van der Waals surface area (Å²) in [5, 5.41) is 40.8. The van der Waals surface area contributed by atoms with Crippen molar-refractivity contribution in [3.05, 3.63) is 217 Å². The van der Waals surface area contributed by atoms with Crippen molar-refractivity contribution in [3.8, 4) is 0 Å². The third-order valence-electron chi connectivity index (χ3n) is 21.7. The zero-order chi connectivity index (χ0) is 82.8. The van der Waals surface area contributed by atoms with Gasteiger partial charge >= 0.3 is 0 Å². The molecule has 119 heavy (non-hydrogen) atoms. The Kier molecular flexibility index (Phi) is 26.7. The molecule has 0 radical (unpaired) electrons. The van der Waals surface area contributed by atoms with E-state index in [1.54, 1.807) is 85.2 Å². The lowest BCUT2D eigenvalue weighted by atomic mass is 9.86. The molecule has 10 aromatic rings. The van der Waals surface area contributed by atoms with Gasteiger partial charge in [0.2, 0.25) is 65.0 Å². The normalized spacial score (nSPS) is 23.9. The van der Waals surface area contributed by atoms with E-state index in [9.17, 15) is 0 Å². The maximum atomic E-state index is 16.1. The Balaban J connectivity index is 0.909. The fourth-order valence-corrected chi connectivity index (χ4v) is 17.6. The Bertz CT molecular complexity index is 4890. The number of amides is 12. The van der Waals surface area contributed by atoms with Crippen molar-refractivity contribution in [2.75, 3.05) is 31.9 Å². The van der Waals surface area contributed by atoms with Gasteiger partial charge in [-0.2, -0.15) is 0 Å². The molecule has 38 heteroatoms. The highest BCUT2D eigenvalue weighted by molar-refractivity contribution is 8.77. The number of para-hydroxylation sites is 2. The lowest BCUT2D eigenvalue weighted by Gasteiger charge is -2.39. The molecular weight excluding hydrogens is 1570 g/mol. The van der Waals surface area contributed by atoms with Gasteiger partial charge in [-0.25, -0.2) is 19.9 Å². The molecule has 0 aliphatic carbocycles. The van der Waals surface area contributed by atoms with E-state index >= 15 is 57.5 Å². The van der Waals surface area contributed by atoms with Crippen molar-refractivity contribution in [2.24, 2.45) is 0 Å². The first-order valence-electron chi connectivity index (χ1n) is 39.3. The Labute approximate surface area is 689 Å². The van der Waals surface area contributed by atoms with Gasteiger partial charge < -0.3 is 104 Å². The molecule has 2 bridgehead atoms. The van der Waals surface area contributed by atoms with Gasteiger partial charge in [0, 0.05) is 116 Å². The average molecular weight is 1660 g/mol. The van der Waals surface area contributed by atoms with Crippen LogP contribution in [0.2, 0.25) is 0 Å². The second-order valence-corrected chi connectivity index (χ2v) is 32.5. The van der Waals surface area contributed by atoms with E-state index < -0.39 is 147 Å². The molecule has 36 nitrogen and oxygen atoms in total. The quantitative estimate of drug-likeness (QED) is 0.0541. The third kappa shape index (κ3) is 20.9. The second-order valence-electron chi connectivity index (χ2n) is 30.0. The first kappa shape index (κ1) is 82.6. The highest BCUT2D eigenvalue weighted by atomic mass is 33.1. The zero-order valence-corrected chi connectivity index (χ0v) is 66.1. The maximum absolute atomic E-state index is 16.1. The molecule has 0 saturated carbocycles. The molecule has 4 aromatic carbocycles. The van der Waals surface area contributed by atoms with Gasteiger partial charge in [0.25, 0.3) is 5.91 Å². The first-order chi connectivity index (χ1) is 57.8. The van der Waals surface area contributed by atoms with Gasteiger partial charge in [0.15, 0.2) is 5.37 Å². The predicted octanol–water partition coefficient (Wildman–Crippen LogP) is -0.526. The van der Waals surface area contributed by atoms with Gasteiger partial charge in [0.1, 0.15) is 65.5 Å². The van der Waals surface area contributed by atoms with Crippen molar-refractivity contribution in [1.82, 2.24) is 124 Å². The molecule has 6 aromatic heterocycles. The Morgan fingerprint density at radius 2 is 0.639 bits per heavy atom. The van der Waals surface area contributed by atoms with Gasteiger partial charge in [-0.05, 0) is 86.2 Å². The first-order valence-corrected chi connectivity index (χ1v) is 41.6. The Morgan fingerprint density at radius 3 is 1.01 bits per heavy atom. The number of benzene rings is 4. The number of rotatable bonds is 16. The number of hydrogen-bond acceptors (Lipinski definition) is 20. The predicted molar refractivity (Wildman–Crippen MR) is 439 cm³/mol. The summed E-state index contributed by atoms with van der Waals surface area (Å²) in [5.74, 6) is -11.4. The van der Waals surface area contributed by atoms with Crippen LogP contribution in [0, 0.1) is 0 Å². The van der Waals surface area contributed by atoms with Gasteiger partial charge in [-0.3, -0.25) is 57.5 Å². The highest BCUT2D eigenvalue weighted by Gasteiger charge is 2.48. The number of nitrogens with zero attached hydrogens (tertiary/aromatic N) is 4. The van der Waals surface area contributed by atoms with Crippen LogP contribution in [-0.4, -0.2) is 223 Å². The van der Waals surface area contributed by atoms with Crippen LogP contribution in [0.3, 0.4) is 0 Å². The standard InChI is InChI=1S/C81H92N24O12S2/c106-67-58(27-46-11-3-1-4-12-46)95-73(112)65(34-53-40-87-45-93-53)102-79(117)81(21-25-83-26-22-81)105-76(115)77-103-74(113)61(30-49-36-89-57-18-10-8-16-55(49)57)97-71(110)63(32-51-38-85-43-91-51)99-68(107)59(28-47-13-5-2-6-14-47)94-72(111)64(33-52-39-86-44-92-52)101-78(116)80(19-23-82-24-20-80)104-75(114)66(41-118-119-77)100-69(108)60(29-48-35-88-56-17-9-7-15-54(48)56)96-70(109)62(98-67)31-50-37-84-42-90-50/h1-18,35-40,42-45,58-66,77,82-83,88-89H,19-34,41H2,(H,84,90)(H,85,91)(H,86,92)(H,87,93)(H,94,111)(H,95,112)(H,96,109)(H,97,110)(H,98,106)(H,99,107)(H,100,108)(H,101,116)(H,102,117)(H,103,113)(H,104,114)(H,105,115)/t58-,59-,60+,61+,62+,63+,64+,65+,66+,77+/m1/s1. The topological polar surface area (TPSA) is 520 Å². The SMILES string of the molecule is O=C1N[C@H]2CSS[C@H](NC(=O)[C@H](Cc3c[nH]c4ccccc34)NC(=O)[C@H](Cc3c[nH]cn3)NC(=O)[C@@H](Cc3ccccc3)NC(=O)[C@H](Cc3c[nH]cn3)NC(=O)C3(CCNCC3)NC2=O)C(=O)NC2(CCNCC2)C(=O)N[C@@H](Cc2c[nH]cn2)C(=O)N[C@H](Cc2ccccc2)C(=O)N[C@@H](Cc2c[nH]cn2)C(=O)N[C@H]1Cc1c[nH]c2ccccc12. The molecule has 12 amide bonds. The van der Waals surface area contributed by atoms with Gasteiger partial charge in [-0.15, -0.1) is 0 Å². The number of nitrogens with one attached hydrogen (secondary N) is 20. The van der Waals surface area contributed by atoms with Crippen LogP contribution < -0.4 is 74.4 Å².